The molecule has 0 aliphatic heterocycles. The third kappa shape index (κ3) is 2.71. The summed E-state index contributed by atoms with van der Waals surface area (Å²) >= 11 is 11.6. The normalized spacial score (nSPS) is 11.9. The molecule has 78 valence electrons. The Balaban J connectivity index is 3.14. The number of carbonyl (C=O) groups is 1. The van der Waals surface area contributed by atoms with Crippen molar-refractivity contribution in [2.45, 2.75) is 19.3 Å². The van der Waals surface area contributed by atoms with E-state index < -0.39 is 5.92 Å². The van der Waals surface area contributed by atoms with Crippen molar-refractivity contribution in [3.63, 3.8) is 0 Å². The number of ketones is 1. The molecule has 15 heavy (non-hydrogen) atoms. The van der Waals surface area contributed by atoms with Gasteiger partial charge in [0, 0.05) is 16.5 Å². The highest BCUT2D eigenvalue weighted by molar-refractivity contribution is 6.35. The number of halogens is 2. The van der Waals surface area contributed by atoms with E-state index in [0.717, 1.165) is 0 Å². The van der Waals surface area contributed by atoms with Gasteiger partial charge in [0.2, 0.25) is 0 Å². The molecule has 0 unspecified atom stereocenters. The van der Waals surface area contributed by atoms with Gasteiger partial charge >= 0.3 is 0 Å². The Bertz CT molecular complexity index is 423. The number of hydrogen-bond acceptors (Lipinski definition) is 2. The Morgan fingerprint density at radius 2 is 2.20 bits per heavy atom. The van der Waals surface area contributed by atoms with Gasteiger partial charge in [0.15, 0.2) is 5.78 Å². The SMILES string of the molecule is CCC(=O)[C@@H](C#N)c1ccc(Cl)cc1Cl. The third-order valence-electron chi connectivity index (χ3n) is 2.07. The fraction of sp³-hybridized carbons (Fsp3) is 0.273. The standard InChI is InChI=1S/C11H9Cl2NO/c1-2-11(15)9(6-14)8-4-3-7(12)5-10(8)13/h3-5,9H,2H2,1H3/t9-/m0/s1. The molecule has 0 fully saturated rings. The number of nitrogens with zero attached hydrogens (tertiary/aromatic N) is 1. The Kier molecular flexibility index (Phi) is 4.14. The Morgan fingerprint density at radius 1 is 1.53 bits per heavy atom. The first kappa shape index (κ1) is 12.0. The van der Waals surface area contributed by atoms with Gasteiger partial charge in [0.25, 0.3) is 0 Å². The summed E-state index contributed by atoms with van der Waals surface area (Å²) < 4.78 is 0. The molecule has 2 nitrogen and oxygen atoms in total. The van der Waals surface area contributed by atoms with Crippen LogP contribution in [-0.2, 0) is 4.79 Å². The lowest BCUT2D eigenvalue weighted by atomic mass is 9.95. The summed E-state index contributed by atoms with van der Waals surface area (Å²) in [5.74, 6) is -0.929. The van der Waals surface area contributed by atoms with Crippen LogP contribution in [-0.4, -0.2) is 5.78 Å². The lowest BCUT2D eigenvalue weighted by molar-refractivity contribution is -0.119. The lowest BCUT2D eigenvalue weighted by Crippen LogP contribution is -2.09. The Labute approximate surface area is 98.4 Å². The Hall–Kier alpha value is -1.04. The maximum atomic E-state index is 11.5. The molecule has 0 spiro atoms. The maximum Gasteiger partial charge on any atom is 0.154 e. The van der Waals surface area contributed by atoms with Crippen LogP contribution in [0.2, 0.25) is 10.0 Å². The summed E-state index contributed by atoms with van der Waals surface area (Å²) in [6.45, 7) is 1.72. The van der Waals surface area contributed by atoms with Gasteiger partial charge in [-0.25, -0.2) is 0 Å². The molecular formula is C11H9Cl2NO. The largest absolute Gasteiger partial charge is 0.298 e. The fourth-order valence-electron chi connectivity index (χ4n) is 1.25. The average molecular weight is 242 g/mol. The first-order valence-corrected chi connectivity index (χ1v) is 5.23. The smallest absolute Gasteiger partial charge is 0.154 e. The van der Waals surface area contributed by atoms with Crippen molar-refractivity contribution >= 4 is 29.0 Å². The zero-order chi connectivity index (χ0) is 11.4. The predicted molar refractivity (Wildman–Crippen MR) is 60.1 cm³/mol. The van der Waals surface area contributed by atoms with Crippen LogP contribution in [0, 0.1) is 11.3 Å². The fourth-order valence-corrected chi connectivity index (χ4v) is 1.77. The highest BCUT2D eigenvalue weighted by Crippen LogP contribution is 2.28. The number of carbonyl (C=O) groups excluding carboxylic acids is 1. The first-order valence-electron chi connectivity index (χ1n) is 4.47. The van der Waals surface area contributed by atoms with Gasteiger partial charge in [-0.1, -0.05) is 36.2 Å². The van der Waals surface area contributed by atoms with Crippen LogP contribution in [0.5, 0.6) is 0 Å². The van der Waals surface area contributed by atoms with E-state index in [1.807, 2.05) is 6.07 Å². The molecule has 0 bridgehead atoms. The summed E-state index contributed by atoms with van der Waals surface area (Å²) in [7, 11) is 0. The number of benzene rings is 1. The second-order valence-corrected chi connectivity index (χ2v) is 3.89. The number of rotatable bonds is 3. The van der Waals surface area contributed by atoms with E-state index in [4.69, 9.17) is 28.5 Å². The van der Waals surface area contributed by atoms with Crippen molar-refractivity contribution in [1.29, 1.82) is 5.26 Å². The van der Waals surface area contributed by atoms with Crippen LogP contribution < -0.4 is 0 Å². The van der Waals surface area contributed by atoms with Gasteiger partial charge < -0.3 is 0 Å². The molecule has 0 heterocycles. The molecule has 0 N–H and O–H groups in total. The van der Waals surface area contributed by atoms with Crippen molar-refractivity contribution < 1.29 is 4.79 Å². The zero-order valence-electron chi connectivity index (χ0n) is 8.13. The number of nitriles is 1. The van der Waals surface area contributed by atoms with Gasteiger partial charge in [-0.3, -0.25) is 4.79 Å². The molecule has 0 saturated heterocycles. The van der Waals surface area contributed by atoms with Crippen LogP contribution in [0.3, 0.4) is 0 Å². The molecule has 0 aromatic heterocycles. The second-order valence-electron chi connectivity index (χ2n) is 3.05. The van der Waals surface area contributed by atoms with E-state index in [9.17, 15) is 4.79 Å². The van der Waals surface area contributed by atoms with E-state index in [-0.39, 0.29) is 5.78 Å². The van der Waals surface area contributed by atoms with Crippen LogP contribution in [0.25, 0.3) is 0 Å². The number of Topliss-reactive ketones (excluding diaryl/α,β-unsaturated/α-hetero) is 1. The molecule has 1 rings (SSSR count). The zero-order valence-corrected chi connectivity index (χ0v) is 9.64. The summed E-state index contributed by atoms with van der Waals surface area (Å²) in [4.78, 5) is 11.5. The van der Waals surface area contributed by atoms with Crippen molar-refractivity contribution in [3.8, 4) is 6.07 Å². The molecule has 1 aromatic rings. The summed E-state index contributed by atoms with van der Waals surface area (Å²) in [6.07, 6.45) is 0.317. The molecule has 0 aliphatic carbocycles. The van der Waals surface area contributed by atoms with E-state index in [1.165, 1.54) is 6.07 Å². The van der Waals surface area contributed by atoms with Crippen LogP contribution in [0.15, 0.2) is 18.2 Å². The minimum atomic E-state index is -0.792. The topological polar surface area (TPSA) is 40.9 Å². The molecule has 0 saturated carbocycles. The van der Waals surface area contributed by atoms with Gasteiger partial charge in [-0.05, 0) is 17.7 Å². The quantitative estimate of drug-likeness (QED) is 0.812. The molecule has 1 aromatic carbocycles. The molecule has 1 atom stereocenters. The minimum absolute atomic E-state index is 0.137. The predicted octanol–water partition coefficient (Wildman–Crippen LogP) is 3.58. The highest BCUT2D eigenvalue weighted by Gasteiger charge is 2.20. The van der Waals surface area contributed by atoms with Crippen molar-refractivity contribution in [1.82, 2.24) is 0 Å². The van der Waals surface area contributed by atoms with Gasteiger partial charge in [-0.15, -0.1) is 0 Å². The van der Waals surface area contributed by atoms with Crippen molar-refractivity contribution in [2.24, 2.45) is 0 Å². The summed E-state index contributed by atoms with van der Waals surface area (Å²) in [5, 5.41) is 9.76. The van der Waals surface area contributed by atoms with Gasteiger partial charge in [-0.2, -0.15) is 5.26 Å². The maximum absolute atomic E-state index is 11.5. The Morgan fingerprint density at radius 3 is 2.67 bits per heavy atom. The van der Waals surface area contributed by atoms with Crippen LogP contribution >= 0.6 is 23.2 Å². The molecule has 0 aliphatic rings. The molecule has 0 radical (unpaired) electrons. The van der Waals surface area contributed by atoms with E-state index in [2.05, 4.69) is 0 Å². The van der Waals surface area contributed by atoms with Crippen LogP contribution in [0.4, 0.5) is 0 Å². The second kappa shape index (κ2) is 5.16. The minimum Gasteiger partial charge on any atom is -0.298 e. The van der Waals surface area contributed by atoms with Crippen molar-refractivity contribution in [3.05, 3.63) is 33.8 Å². The average Bonchev–Trinajstić information content (AvgIpc) is 2.21. The van der Waals surface area contributed by atoms with E-state index in [0.29, 0.717) is 22.0 Å². The van der Waals surface area contributed by atoms with Crippen LogP contribution in [0.1, 0.15) is 24.8 Å². The number of hydrogen-bond donors (Lipinski definition) is 0. The summed E-state index contributed by atoms with van der Waals surface area (Å²) in [5.41, 5.74) is 0.524. The van der Waals surface area contributed by atoms with Gasteiger partial charge in [0.05, 0.1) is 6.07 Å². The molecular weight excluding hydrogens is 233 g/mol. The molecule has 4 heteroatoms. The van der Waals surface area contributed by atoms with Crippen molar-refractivity contribution in [2.75, 3.05) is 0 Å². The highest BCUT2D eigenvalue weighted by atomic mass is 35.5. The van der Waals surface area contributed by atoms with Gasteiger partial charge in [0.1, 0.15) is 5.92 Å². The third-order valence-corrected chi connectivity index (χ3v) is 2.64. The lowest BCUT2D eigenvalue weighted by Gasteiger charge is -2.09. The van der Waals surface area contributed by atoms with E-state index in [1.54, 1.807) is 19.1 Å². The summed E-state index contributed by atoms with van der Waals surface area (Å²) in [6, 6.07) is 6.72. The molecule has 0 amide bonds. The monoisotopic (exact) mass is 241 g/mol. The van der Waals surface area contributed by atoms with E-state index >= 15 is 0 Å². The first-order chi connectivity index (χ1) is 7.10.